The average Bonchev–Trinajstić information content (AvgIpc) is 2.85. The summed E-state index contributed by atoms with van der Waals surface area (Å²) in [5.41, 5.74) is 1.69. The van der Waals surface area contributed by atoms with Crippen molar-refractivity contribution in [2.45, 2.75) is 19.4 Å². The van der Waals surface area contributed by atoms with E-state index < -0.39 is 0 Å². The molecule has 3 rings (SSSR count). The van der Waals surface area contributed by atoms with Gasteiger partial charge in [-0.1, -0.05) is 22.7 Å². The number of hydrogen-bond acceptors (Lipinski definition) is 5. The summed E-state index contributed by atoms with van der Waals surface area (Å²) >= 11 is 1.12. The Morgan fingerprint density at radius 1 is 1.47 bits per heavy atom. The minimum Gasteiger partial charge on any atom is -0.493 e. The molecule has 0 aliphatic carbocycles. The maximum absolute atomic E-state index is 12.2. The summed E-state index contributed by atoms with van der Waals surface area (Å²) in [5, 5.41) is 6.89. The molecule has 0 unspecified atom stereocenters. The van der Waals surface area contributed by atoms with E-state index in [1.54, 1.807) is 6.92 Å². The first-order valence-electron chi connectivity index (χ1n) is 6.07. The van der Waals surface area contributed by atoms with E-state index in [1.807, 2.05) is 24.3 Å². The molecule has 1 atom stereocenters. The fraction of sp³-hybridized carbons (Fsp3) is 0.308. The highest BCUT2D eigenvalue weighted by atomic mass is 32.1. The van der Waals surface area contributed by atoms with Crippen LogP contribution in [0.15, 0.2) is 24.3 Å². The van der Waals surface area contributed by atoms with Crippen LogP contribution in [-0.4, -0.2) is 22.1 Å². The molecule has 1 N–H and O–H groups in total. The Morgan fingerprint density at radius 3 is 3.11 bits per heavy atom. The molecule has 0 bridgehead atoms. The molecule has 0 spiro atoms. The predicted octanol–water partition coefficient (Wildman–Crippen LogP) is 2.10. The number of aryl methyl sites for hydroxylation is 1. The second kappa shape index (κ2) is 4.97. The first-order chi connectivity index (χ1) is 9.25. The Morgan fingerprint density at radius 2 is 2.32 bits per heavy atom. The second-order valence-electron chi connectivity index (χ2n) is 4.39. The third-order valence-corrected chi connectivity index (χ3v) is 3.95. The van der Waals surface area contributed by atoms with Crippen molar-refractivity contribution in [2.24, 2.45) is 0 Å². The molecule has 0 saturated heterocycles. The molecule has 1 aromatic heterocycles. The van der Waals surface area contributed by atoms with Crippen LogP contribution < -0.4 is 10.1 Å². The van der Waals surface area contributed by atoms with E-state index >= 15 is 0 Å². The number of benzene rings is 1. The number of carbonyl (C=O) groups excluding carboxylic acids is 1. The van der Waals surface area contributed by atoms with Crippen molar-refractivity contribution in [3.63, 3.8) is 0 Å². The van der Waals surface area contributed by atoms with Crippen LogP contribution in [0.5, 0.6) is 5.75 Å². The smallest absolute Gasteiger partial charge is 0.265 e. The van der Waals surface area contributed by atoms with Gasteiger partial charge >= 0.3 is 0 Å². The lowest BCUT2D eigenvalue weighted by Crippen LogP contribution is -2.32. The molecule has 98 valence electrons. The molecule has 2 heterocycles. The molecule has 6 heteroatoms. The molecule has 2 aromatic rings. The van der Waals surface area contributed by atoms with Gasteiger partial charge in [-0.25, -0.2) is 0 Å². The molecular formula is C13H13N3O2S. The minimum absolute atomic E-state index is 0.0149. The van der Waals surface area contributed by atoms with Crippen molar-refractivity contribution >= 4 is 17.4 Å². The number of rotatable bonds is 2. The van der Waals surface area contributed by atoms with E-state index in [4.69, 9.17) is 4.74 Å². The Kier molecular flexibility index (Phi) is 3.16. The first kappa shape index (κ1) is 12.1. The Hall–Kier alpha value is -1.95. The van der Waals surface area contributed by atoms with Crippen LogP contribution in [0.2, 0.25) is 0 Å². The van der Waals surface area contributed by atoms with Crippen molar-refractivity contribution in [1.29, 1.82) is 0 Å². The van der Waals surface area contributed by atoms with Crippen LogP contribution in [0.4, 0.5) is 0 Å². The molecule has 1 aliphatic rings. The molecule has 19 heavy (non-hydrogen) atoms. The van der Waals surface area contributed by atoms with Crippen LogP contribution >= 0.6 is 11.5 Å². The third kappa shape index (κ3) is 2.31. The summed E-state index contributed by atoms with van der Waals surface area (Å²) in [6.45, 7) is 2.40. The zero-order chi connectivity index (χ0) is 13.2. The molecule has 0 fully saturated rings. The van der Waals surface area contributed by atoms with Gasteiger partial charge in [0, 0.05) is 12.0 Å². The van der Waals surface area contributed by atoms with Gasteiger partial charge in [-0.05, 0) is 24.5 Å². The molecule has 1 aliphatic heterocycles. The third-order valence-electron chi connectivity index (χ3n) is 3.12. The average molecular weight is 275 g/mol. The minimum atomic E-state index is -0.116. The van der Waals surface area contributed by atoms with E-state index in [-0.39, 0.29) is 11.9 Å². The monoisotopic (exact) mass is 275 g/mol. The summed E-state index contributed by atoms with van der Waals surface area (Å²) in [6, 6.07) is 7.77. The first-order valence-corrected chi connectivity index (χ1v) is 6.84. The van der Waals surface area contributed by atoms with Crippen LogP contribution in [-0.2, 0) is 0 Å². The lowest BCUT2D eigenvalue weighted by Gasteiger charge is -2.26. The molecule has 5 nitrogen and oxygen atoms in total. The zero-order valence-electron chi connectivity index (χ0n) is 10.4. The molecule has 1 amide bonds. The van der Waals surface area contributed by atoms with Gasteiger partial charge in [0.25, 0.3) is 5.91 Å². The summed E-state index contributed by atoms with van der Waals surface area (Å²) in [6.07, 6.45) is 0.772. The van der Waals surface area contributed by atoms with Gasteiger partial charge in [0.05, 0.1) is 18.3 Å². The number of carbonyl (C=O) groups is 1. The highest BCUT2D eigenvalue weighted by Crippen LogP contribution is 2.31. The van der Waals surface area contributed by atoms with E-state index in [1.165, 1.54) is 0 Å². The standard InChI is InChI=1S/C13H13N3O2S/c1-8-12(19-16-15-8)13(17)14-10-6-7-18-11-5-3-2-4-9(10)11/h2-5,10H,6-7H2,1H3,(H,14,17)/t10-/m1/s1. The van der Waals surface area contributed by atoms with Gasteiger partial charge in [-0.2, -0.15) is 0 Å². The number of amides is 1. The van der Waals surface area contributed by atoms with Crippen molar-refractivity contribution < 1.29 is 9.53 Å². The van der Waals surface area contributed by atoms with Gasteiger partial charge in [-0.15, -0.1) is 5.10 Å². The van der Waals surface area contributed by atoms with Crippen molar-refractivity contribution in [2.75, 3.05) is 6.61 Å². The summed E-state index contributed by atoms with van der Waals surface area (Å²) in [5.74, 6) is 0.729. The Labute approximate surface area is 114 Å². The zero-order valence-corrected chi connectivity index (χ0v) is 11.2. The van der Waals surface area contributed by atoms with Crippen molar-refractivity contribution in [1.82, 2.24) is 14.9 Å². The van der Waals surface area contributed by atoms with Gasteiger partial charge in [0.15, 0.2) is 0 Å². The maximum Gasteiger partial charge on any atom is 0.265 e. The fourth-order valence-corrected chi connectivity index (χ4v) is 2.72. The van der Waals surface area contributed by atoms with E-state index in [2.05, 4.69) is 14.9 Å². The fourth-order valence-electron chi connectivity index (χ4n) is 2.16. The number of fused-ring (bicyclic) bond motifs is 1. The number of nitrogens with zero attached hydrogens (tertiary/aromatic N) is 2. The molecule has 1 aromatic carbocycles. The molecular weight excluding hydrogens is 262 g/mol. The summed E-state index contributed by atoms with van der Waals surface area (Å²) in [4.78, 5) is 12.8. The number of para-hydroxylation sites is 1. The predicted molar refractivity (Wildman–Crippen MR) is 71.4 cm³/mol. The normalized spacial score (nSPS) is 17.4. The number of ether oxygens (including phenoxy) is 1. The van der Waals surface area contributed by atoms with Crippen LogP contribution in [0.3, 0.4) is 0 Å². The molecule has 0 saturated carbocycles. The molecule has 0 radical (unpaired) electrons. The largest absolute Gasteiger partial charge is 0.493 e. The lowest BCUT2D eigenvalue weighted by molar-refractivity contribution is 0.0928. The number of hydrogen-bond donors (Lipinski definition) is 1. The quantitative estimate of drug-likeness (QED) is 0.911. The van der Waals surface area contributed by atoms with E-state index in [0.29, 0.717) is 17.2 Å². The van der Waals surface area contributed by atoms with E-state index in [9.17, 15) is 4.79 Å². The highest BCUT2D eigenvalue weighted by Gasteiger charge is 2.24. The number of aromatic nitrogens is 2. The maximum atomic E-state index is 12.2. The Balaban J connectivity index is 1.82. The lowest BCUT2D eigenvalue weighted by atomic mass is 10.0. The topological polar surface area (TPSA) is 64.1 Å². The SMILES string of the molecule is Cc1nnsc1C(=O)N[C@@H]1CCOc2ccccc21. The van der Waals surface area contributed by atoms with Crippen LogP contribution in [0, 0.1) is 6.92 Å². The van der Waals surface area contributed by atoms with Crippen molar-refractivity contribution in [3.05, 3.63) is 40.4 Å². The van der Waals surface area contributed by atoms with Crippen LogP contribution in [0.1, 0.15) is 33.4 Å². The van der Waals surface area contributed by atoms with Gasteiger partial charge in [0.2, 0.25) is 0 Å². The summed E-state index contributed by atoms with van der Waals surface area (Å²) < 4.78 is 9.36. The van der Waals surface area contributed by atoms with Crippen molar-refractivity contribution in [3.8, 4) is 5.75 Å². The highest BCUT2D eigenvalue weighted by molar-refractivity contribution is 7.08. The van der Waals surface area contributed by atoms with Gasteiger partial charge in [0.1, 0.15) is 10.6 Å². The van der Waals surface area contributed by atoms with Gasteiger partial charge < -0.3 is 10.1 Å². The van der Waals surface area contributed by atoms with E-state index in [0.717, 1.165) is 29.3 Å². The summed E-state index contributed by atoms with van der Waals surface area (Å²) in [7, 11) is 0. The second-order valence-corrected chi connectivity index (χ2v) is 5.14. The Bertz CT molecular complexity index is 611. The van der Waals surface area contributed by atoms with Crippen LogP contribution in [0.25, 0.3) is 0 Å². The van der Waals surface area contributed by atoms with Gasteiger partial charge in [-0.3, -0.25) is 4.79 Å². The number of nitrogens with one attached hydrogen (secondary N) is 1.